The van der Waals surface area contributed by atoms with Gasteiger partial charge in [0.1, 0.15) is 0 Å². The van der Waals surface area contributed by atoms with Crippen LogP contribution in [0.4, 0.5) is 0 Å². The second-order valence-corrected chi connectivity index (χ2v) is 4.73. The zero-order valence-corrected chi connectivity index (χ0v) is 11.8. The van der Waals surface area contributed by atoms with E-state index in [-0.39, 0.29) is 0 Å². The van der Waals surface area contributed by atoms with E-state index in [0.717, 1.165) is 26.2 Å². The SMILES string of the molecule is C=CCCOCCNC(C)c1cc(C)ccc1C. The van der Waals surface area contributed by atoms with E-state index in [2.05, 4.69) is 50.9 Å². The molecule has 1 atom stereocenters. The van der Waals surface area contributed by atoms with Crippen LogP contribution in [0.5, 0.6) is 0 Å². The van der Waals surface area contributed by atoms with Crippen molar-refractivity contribution in [2.75, 3.05) is 19.8 Å². The summed E-state index contributed by atoms with van der Waals surface area (Å²) in [5, 5.41) is 3.49. The maximum absolute atomic E-state index is 5.48. The lowest BCUT2D eigenvalue weighted by molar-refractivity contribution is 0.138. The summed E-state index contributed by atoms with van der Waals surface area (Å²) in [4.78, 5) is 0. The molecule has 18 heavy (non-hydrogen) atoms. The van der Waals surface area contributed by atoms with Crippen LogP contribution in [0.2, 0.25) is 0 Å². The Morgan fingerprint density at radius 3 is 2.83 bits per heavy atom. The fraction of sp³-hybridized carbons (Fsp3) is 0.500. The van der Waals surface area contributed by atoms with Crippen molar-refractivity contribution >= 4 is 0 Å². The minimum Gasteiger partial charge on any atom is -0.380 e. The lowest BCUT2D eigenvalue weighted by Crippen LogP contribution is -2.24. The quantitative estimate of drug-likeness (QED) is 0.560. The van der Waals surface area contributed by atoms with Gasteiger partial charge >= 0.3 is 0 Å². The molecule has 1 rings (SSSR count). The van der Waals surface area contributed by atoms with Gasteiger partial charge in [-0.25, -0.2) is 0 Å². The molecule has 0 radical (unpaired) electrons. The van der Waals surface area contributed by atoms with Gasteiger partial charge in [-0.05, 0) is 38.3 Å². The molecule has 0 amide bonds. The first kappa shape index (κ1) is 14.9. The maximum atomic E-state index is 5.48. The lowest BCUT2D eigenvalue weighted by Gasteiger charge is -2.17. The molecule has 0 bridgehead atoms. The van der Waals surface area contributed by atoms with E-state index < -0.39 is 0 Å². The molecular weight excluding hydrogens is 222 g/mol. The van der Waals surface area contributed by atoms with Gasteiger partial charge in [0.2, 0.25) is 0 Å². The molecule has 0 saturated heterocycles. The Morgan fingerprint density at radius 1 is 1.33 bits per heavy atom. The van der Waals surface area contributed by atoms with E-state index in [0.29, 0.717) is 6.04 Å². The van der Waals surface area contributed by atoms with Gasteiger partial charge in [0, 0.05) is 12.6 Å². The topological polar surface area (TPSA) is 21.3 Å². The molecule has 2 nitrogen and oxygen atoms in total. The first-order valence-corrected chi connectivity index (χ1v) is 6.64. The highest BCUT2D eigenvalue weighted by Crippen LogP contribution is 2.18. The number of hydrogen-bond donors (Lipinski definition) is 1. The van der Waals surface area contributed by atoms with Crippen LogP contribution in [-0.4, -0.2) is 19.8 Å². The maximum Gasteiger partial charge on any atom is 0.0591 e. The summed E-state index contributed by atoms with van der Waals surface area (Å²) >= 11 is 0. The van der Waals surface area contributed by atoms with E-state index in [1.807, 2.05) is 6.08 Å². The number of benzene rings is 1. The number of aryl methyl sites for hydroxylation is 2. The van der Waals surface area contributed by atoms with Crippen LogP contribution < -0.4 is 5.32 Å². The summed E-state index contributed by atoms with van der Waals surface area (Å²) in [5.74, 6) is 0. The van der Waals surface area contributed by atoms with Crippen molar-refractivity contribution in [1.29, 1.82) is 0 Å². The zero-order chi connectivity index (χ0) is 13.4. The van der Waals surface area contributed by atoms with Crippen LogP contribution in [0.25, 0.3) is 0 Å². The van der Waals surface area contributed by atoms with Gasteiger partial charge < -0.3 is 10.1 Å². The second-order valence-electron chi connectivity index (χ2n) is 4.73. The number of hydrogen-bond acceptors (Lipinski definition) is 2. The Bertz CT molecular complexity index is 373. The first-order chi connectivity index (χ1) is 8.65. The van der Waals surface area contributed by atoms with Crippen LogP contribution >= 0.6 is 0 Å². The molecule has 0 aliphatic carbocycles. The average molecular weight is 247 g/mol. The van der Waals surface area contributed by atoms with E-state index in [1.165, 1.54) is 16.7 Å². The van der Waals surface area contributed by atoms with Gasteiger partial charge in [0.05, 0.1) is 13.2 Å². The lowest BCUT2D eigenvalue weighted by atomic mass is 10.00. The van der Waals surface area contributed by atoms with Gasteiger partial charge in [0.25, 0.3) is 0 Å². The minimum atomic E-state index is 0.368. The van der Waals surface area contributed by atoms with Crippen molar-refractivity contribution < 1.29 is 4.74 Å². The molecule has 0 aliphatic rings. The van der Waals surface area contributed by atoms with Crippen molar-refractivity contribution in [2.24, 2.45) is 0 Å². The van der Waals surface area contributed by atoms with Gasteiger partial charge in [-0.3, -0.25) is 0 Å². The summed E-state index contributed by atoms with van der Waals surface area (Å²) in [5.41, 5.74) is 4.03. The van der Waals surface area contributed by atoms with Crippen LogP contribution in [0.3, 0.4) is 0 Å². The molecule has 1 unspecified atom stereocenters. The minimum absolute atomic E-state index is 0.368. The van der Waals surface area contributed by atoms with Gasteiger partial charge in [-0.2, -0.15) is 0 Å². The van der Waals surface area contributed by atoms with Crippen LogP contribution in [-0.2, 0) is 4.74 Å². The molecule has 0 fully saturated rings. The predicted molar refractivity (Wildman–Crippen MR) is 78.0 cm³/mol. The summed E-state index contributed by atoms with van der Waals surface area (Å²) in [6, 6.07) is 6.96. The largest absolute Gasteiger partial charge is 0.380 e. The first-order valence-electron chi connectivity index (χ1n) is 6.64. The average Bonchev–Trinajstić information content (AvgIpc) is 2.36. The summed E-state index contributed by atoms with van der Waals surface area (Å²) in [6.07, 6.45) is 2.80. The Kier molecular flexibility index (Phi) is 6.69. The third-order valence-corrected chi connectivity index (χ3v) is 3.06. The third kappa shape index (κ3) is 5.03. The summed E-state index contributed by atoms with van der Waals surface area (Å²) in [6.45, 7) is 12.6. The normalized spacial score (nSPS) is 12.4. The highest BCUT2D eigenvalue weighted by Gasteiger charge is 2.07. The molecule has 1 N–H and O–H groups in total. The van der Waals surface area contributed by atoms with Crippen molar-refractivity contribution in [1.82, 2.24) is 5.32 Å². The highest BCUT2D eigenvalue weighted by molar-refractivity contribution is 5.32. The van der Waals surface area contributed by atoms with Crippen LogP contribution in [0.1, 0.15) is 36.1 Å². The smallest absolute Gasteiger partial charge is 0.0591 e. The summed E-state index contributed by atoms with van der Waals surface area (Å²) < 4.78 is 5.48. The zero-order valence-electron chi connectivity index (χ0n) is 11.8. The van der Waals surface area contributed by atoms with Crippen molar-refractivity contribution in [2.45, 2.75) is 33.2 Å². The predicted octanol–water partition coefficient (Wildman–Crippen LogP) is 3.55. The summed E-state index contributed by atoms with van der Waals surface area (Å²) in [7, 11) is 0. The molecule has 100 valence electrons. The van der Waals surface area contributed by atoms with Gasteiger partial charge in [0.15, 0.2) is 0 Å². The molecule has 2 heteroatoms. The third-order valence-electron chi connectivity index (χ3n) is 3.06. The molecule has 1 aromatic carbocycles. The highest BCUT2D eigenvalue weighted by atomic mass is 16.5. The molecule has 1 aromatic rings. The molecule has 0 aromatic heterocycles. The number of nitrogens with one attached hydrogen (secondary N) is 1. The van der Waals surface area contributed by atoms with Gasteiger partial charge in [-0.15, -0.1) is 6.58 Å². The molecule has 0 aliphatic heterocycles. The molecule has 0 saturated carbocycles. The Hall–Kier alpha value is -1.12. The Labute approximate surface area is 111 Å². The van der Waals surface area contributed by atoms with Crippen molar-refractivity contribution in [3.63, 3.8) is 0 Å². The number of ether oxygens (including phenoxy) is 1. The monoisotopic (exact) mass is 247 g/mol. The van der Waals surface area contributed by atoms with Crippen LogP contribution in [0, 0.1) is 13.8 Å². The fourth-order valence-electron chi connectivity index (χ4n) is 1.95. The van der Waals surface area contributed by atoms with E-state index in [1.54, 1.807) is 0 Å². The van der Waals surface area contributed by atoms with E-state index in [9.17, 15) is 0 Å². The van der Waals surface area contributed by atoms with Crippen molar-refractivity contribution in [3.05, 3.63) is 47.5 Å². The van der Waals surface area contributed by atoms with Crippen molar-refractivity contribution in [3.8, 4) is 0 Å². The van der Waals surface area contributed by atoms with E-state index >= 15 is 0 Å². The number of rotatable bonds is 8. The van der Waals surface area contributed by atoms with Crippen LogP contribution in [0.15, 0.2) is 30.9 Å². The fourth-order valence-corrected chi connectivity index (χ4v) is 1.95. The molecule has 0 heterocycles. The second kappa shape index (κ2) is 8.06. The Morgan fingerprint density at radius 2 is 2.11 bits per heavy atom. The van der Waals surface area contributed by atoms with E-state index in [4.69, 9.17) is 4.74 Å². The Balaban J connectivity index is 2.33. The standard InChI is InChI=1S/C16H25NO/c1-5-6-10-18-11-9-17-15(4)16-12-13(2)7-8-14(16)3/h5,7-8,12,15,17H,1,6,9-11H2,2-4H3. The molecule has 0 spiro atoms. The molecular formula is C16H25NO. The van der Waals surface area contributed by atoms with Gasteiger partial charge in [-0.1, -0.05) is 29.8 Å².